The number of ketones is 1. The van der Waals surface area contributed by atoms with Crippen molar-refractivity contribution in [1.29, 1.82) is 0 Å². The molecule has 1 fully saturated rings. The number of Topliss-reactive ketones (excluding diaryl/α,β-unsaturated/α-hetero) is 1. The van der Waals surface area contributed by atoms with Crippen LogP contribution >= 0.6 is 0 Å². The molecule has 0 unspecified atom stereocenters. The molecule has 0 radical (unpaired) electrons. The summed E-state index contributed by atoms with van der Waals surface area (Å²) in [6.45, 7) is 0. The zero-order valence-corrected chi connectivity index (χ0v) is 10.4. The number of ether oxygens (including phenoxy) is 1. The quantitative estimate of drug-likeness (QED) is 0.623. The van der Waals surface area contributed by atoms with Crippen LogP contribution in [0.4, 0.5) is 4.79 Å². The van der Waals surface area contributed by atoms with Gasteiger partial charge in [0.05, 0.1) is 0 Å². The second-order valence-electron chi connectivity index (χ2n) is 4.47. The summed E-state index contributed by atoms with van der Waals surface area (Å²) in [6, 6.07) is 9.07. The van der Waals surface area contributed by atoms with Crippen LogP contribution in [0.2, 0.25) is 0 Å². The first-order valence-corrected chi connectivity index (χ1v) is 6.23. The van der Waals surface area contributed by atoms with Crippen LogP contribution in [0, 0.1) is 0 Å². The van der Waals surface area contributed by atoms with Crippen molar-refractivity contribution >= 4 is 17.8 Å². The van der Waals surface area contributed by atoms with Gasteiger partial charge >= 0.3 is 12.1 Å². The van der Waals surface area contributed by atoms with E-state index in [4.69, 9.17) is 0 Å². The van der Waals surface area contributed by atoms with Gasteiger partial charge < -0.3 is 10.1 Å². The van der Waals surface area contributed by atoms with Crippen molar-refractivity contribution in [3.63, 3.8) is 0 Å². The maximum Gasteiger partial charge on any atom is 0.415 e. The summed E-state index contributed by atoms with van der Waals surface area (Å²) in [5.41, 5.74) is 1.12. The average molecular weight is 261 g/mol. The first-order valence-electron chi connectivity index (χ1n) is 6.23. The number of aryl methyl sites for hydroxylation is 1. The van der Waals surface area contributed by atoms with Crippen LogP contribution in [0.5, 0.6) is 0 Å². The van der Waals surface area contributed by atoms with Crippen molar-refractivity contribution < 1.29 is 19.1 Å². The molecule has 1 saturated heterocycles. The van der Waals surface area contributed by atoms with E-state index in [1.807, 2.05) is 30.3 Å². The molecule has 1 amide bonds. The van der Waals surface area contributed by atoms with Gasteiger partial charge in [-0.2, -0.15) is 0 Å². The Morgan fingerprint density at radius 1 is 1.16 bits per heavy atom. The standard InChI is InChI=1S/C14H15NO4/c16-11(7-6-10-4-2-1-3-5-10)8-9-12-13(17)19-14(18)15-12/h1-5,12H,6-9H2,(H,15,18)/t12-/m0/s1. The number of hydrogen-bond acceptors (Lipinski definition) is 4. The number of rotatable bonds is 6. The Bertz CT molecular complexity index is 483. The minimum Gasteiger partial charge on any atom is -0.375 e. The first-order chi connectivity index (χ1) is 9.15. The topological polar surface area (TPSA) is 72.5 Å². The van der Waals surface area contributed by atoms with Gasteiger partial charge in [-0.15, -0.1) is 0 Å². The lowest BCUT2D eigenvalue weighted by atomic mass is 10.0. The van der Waals surface area contributed by atoms with Crippen molar-refractivity contribution in [2.75, 3.05) is 0 Å². The van der Waals surface area contributed by atoms with E-state index in [9.17, 15) is 14.4 Å². The SMILES string of the molecule is O=C(CCc1ccccc1)CC[C@@H]1NC(=O)OC1=O. The molecule has 1 atom stereocenters. The van der Waals surface area contributed by atoms with E-state index >= 15 is 0 Å². The number of nitrogens with one attached hydrogen (secondary N) is 1. The van der Waals surface area contributed by atoms with Gasteiger partial charge in [-0.25, -0.2) is 9.59 Å². The lowest BCUT2D eigenvalue weighted by molar-refractivity contribution is -0.135. The molecule has 5 heteroatoms. The van der Waals surface area contributed by atoms with Crippen LogP contribution in [0.25, 0.3) is 0 Å². The molecule has 5 nitrogen and oxygen atoms in total. The number of amides is 1. The van der Waals surface area contributed by atoms with E-state index in [1.165, 1.54) is 0 Å². The Morgan fingerprint density at radius 2 is 1.89 bits per heavy atom. The summed E-state index contributed by atoms with van der Waals surface area (Å²) in [4.78, 5) is 33.6. The van der Waals surface area contributed by atoms with Gasteiger partial charge in [0.15, 0.2) is 0 Å². The molecule has 0 saturated carbocycles. The Kier molecular flexibility index (Phi) is 4.28. The summed E-state index contributed by atoms with van der Waals surface area (Å²) in [7, 11) is 0. The summed E-state index contributed by atoms with van der Waals surface area (Å²) >= 11 is 0. The number of esters is 1. The van der Waals surface area contributed by atoms with Crippen LogP contribution < -0.4 is 5.32 Å². The fourth-order valence-corrected chi connectivity index (χ4v) is 1.94. The van der Waals surface area contributed by atoms with E-state index in [2.05, 4.69) is 10.1 Å². The largest absolute Gasteiger partial charge is 0.415 e. The number of benzene rings is 1. The molecule has 1 aromatic rings. The highest BCUT2D eigenvalue weighted by Gasteiger charge is 2.32. The monoisotopic (exact) mass is 261 g/mol. The average Bonchev–Trinajstić information content (AvgIpc) is 2.73. The van der Waals surface area contributed by atoms with Gasteiger partial charge in [-0.1, -0.05) is 30.3 Å². The van der Waals surface area contributed by atoms with Gasteiger partial charge in [0.1, 0.15) is 11.8 Å². The van der Waals surface area contributed by atoms with Gasteiger partial charge in [0, 0.05) is 12.8 Å². The van der Waals surface area contributed by atoms with Gasteiger partial charge in [-0.05, 0) is 18.4 Å². The molecule has 1 N–H and O–H groups in total. The highest BCUT2D eigenvalue weighted by Crippen LogP contribution is 2.10. The number of carbonyl (C=O) groups excluding carboxylic acids is 3. The third-order valence-electron chi connectivity index (χ3n) is 3.02. The van der Waals surface area contributed by atoms with Gasteiger partial charge in [0.25, 0.3) is 0 Å². The van der Waals surface area contributed by atoms with Crippen LogP contribution in [0.1, 0.15) is 24.8 Å². The Balaban J connectivity index is 1.70. The molecular weight excluding hydrogens is 246 g/mol. The maximum absolute atomic E-state index is 11.7. The summed E-state index contributed by atoms with van der Waals surface area (Å²) in [5, 5.41) is 2.37. The highest BCUT2D eigenvalue weighted by molar-refractivity contribution is 5.95. The normalized spacial score (nSPS) is 18.0. The molecule has 1 aromatic carbocycles. The predicted molar refractivity (Wildman–Crippen MR) is 67.4 cm³/mol. The van der Waals surface area contributed by atoms with Crippen LogP contribution in [-0.2, 0) is 20.7 Å². The van der Waals surface area contributed by atoms with Crippen LogP contribution in [-0.4, -0.2) is 23.9 Å². The highest BCUT2D eigenvalue weighted by atomic mass is 16.6. The summed E-state index contributed by atoms with van der Waals surface area (Å²) < 4.78 is 4.34. The smallest absolute Gasteiger partial charge is 0.375 e. The molecule has 0 spiro atoms. The van der Waals surface area contributed by atoms with Crippen molar-refractivity contribution in [2.24, 2.45) is 0 Å². The van der Waals surface area contributed by atoms with E-state index in [0.29, 0.717) is 19.3 Å². The van der Waals surface area contributed by atoms with E-state index in [1.54, 1.807) is 0 Å². The van der Waals surface area contributed by atoms with Crippen molar-refractivity contribution in [3.05, 3.63) is 35.9 Å². The number of cyclic esters (lactones) is 2. The molecule has 0 aliphatic carbocycles. The maximum atomic E-state index is 11.7. The minimum atomic E-state index is -0.730. The first kappa shape index (κ1) is 13.3. The zero-order chi connectivity index (χ0) is 13.7. The third kappa shape index (κ3) is 3.91. The molecule has 0 bridgehead atoms. The lowest BCUT2D eigenvalue weighted by Gasteiger charge is -2.05. The Morgan fingerprint density at radius 3 is 2.53 bits per heavy atom. The van der Waals surface area contributed by atoms with Gasteiger partial charge in [-0.3, -0.25) is 4.79 Å². The van der Waals surface area contributed by atoms with E-state index in [0.717, 1.165) is 5.56 Å². The molecular formula is C14H15NO4. The third-order valence-corrected chi connectivity index (χ3v) is 3.02. The molecule has 0 aromatic heterocycles. The second-order valence-corrected chi connectivity index (χ2v) is 4.47. The van der Waals surface area contributed by atoms with Crippen molar-refractivity contribution in [3.8, 4) is 0 Å². The predicted octanol–water partition coefficient (Wildman–Crippen LogP) is 1.60. The van der Waals surface area contributed by atoms with E-state index < -0.39 is 18.1 Å². The van der Waals surface area contributed by atoms with Crippen molar-refractivity contribution in [2.45, 2.75) is 31.7 Å². The summed E-state index contributed by atoms with van der Waals surface area (Å²) in [5.74, 6) is -0.515. The van der Waals surface area contributed by atoms with E-state index in [-0.39, 0.29) is 12.2 Å². The Hall–Kier alpha value is -2.17. The van der Waals surface area contributed by atoms with Crippen LogP contribution in [0.3, 0.4) is 0 Å². The molecule has 1 heterocycles. The van der Waals surface area contributed by atoms with Crippen molar-refractivity contribution in [1.82, 2.24) is 5.32 Å². The summed E-state index contributed by atoms with van der Waals surface area (Å²) in [6.07, 6.45) is 0.984. The number of alkyl carbamates (subject to hydrolysis) is 1. The fourth-order valence-electron chi connectivity index (χ4n) is 1.94. The Labute approximate surface area is 110 Å². The fraction of sp³-hybridized carbons (Fsp3) is 0.357. The zero-order valence-electron chi connectivity index (χ0n) is 10.4. The molecule has 1 aliphatic heterocycles. The molecule has 100 valence electrons. The van der Waals surface area contributed by atoms with Crippen LogP contribution in [0.15, 0.2) is 30.3 Å². The second kappa shape index (κ2) is 6.13. The molecule has 19 heavy (non-hydrogen) atoms. The number of carbonyl (C=O) groups is 3. The lowest BCUT2D eigenvalue weighted by Crippen LogP contribution is -2.29. The van der Waals surface area contributed by atoms with Gasteiger partial charge in [0.2, 0.25) is 0 Å². The minimum absolute atomic E-state index is 0.0813. The number of hydrogen-bond donors (Lipinski definition) is 1. The molecule has 2 rings (SSSR count). The molecule has 1 aliphatic rings.